The van der Waals surface area contributed by atoms with E-state index in [9.17, 15) is 0 Å². The summed E-state index contributed by atoms with van der Waals surface area (Å²) < 4.78 is 5.55. The molecule has 2 rings (SSSR count). The van der Waals surface area contributed by atoms with Crippen molar-refractivity contribution in [1.29, 1.82) is 0 Å². The third-order valence-electron chi connectivity index (χ3n) is 2.92. The number of nitrogens with zero attached hydrogens (tertiary/aromatic N) is 1. The predicted molar refractivity (Wildman–Crippen MR) is 74.0 cm³/mol. The van der Waals surface area contributed by atoms with Gasteiger partial charge in [-0.2, -0.15) is 0 Å². The van der Waals surface area contributed by atoms with Gasteiger partial charge in [0.25, 0.3) is 0 Å². The van der Waals surface area contributed by atoms with E-state index in [1.807, 2.05) is 39.1 Å². The summed E-state index contributed by atoms with van der Waals surface area (Å²) >= 11 is 0. The van der Waals surface area contributed by atoms with Crippen LogP contribution in [0, 0.1) is 13.8 Å². The number of aryl methyl sites for hydroxylation is 2. The Hall–Kier alpha value is -1.97. The minimum Gasteiger partial charge on any atom is -0.466 e. The molecule has 2 aromatic heterocycles. The molecular weight excluding hydrogens is 226 g/mol. The molecule has 0 bridgehead atoms. The van der Waals surface area contributed by atoms with E-state index < -0.39 is 0 Å². The Balaban J connectivity index is 2.15. The van der Waals surface area contributed by atoms with Gasteiger partial charge in [-0.1, -0.05) is 6.07 Å². The molecule has 0 amide bonds. The van der Waals surface area contributed by atoms with E-state index in [0.29, 0.717) is 0 Å². The van der Waals surface area contributed by atoms with Gasteiger partial charge in [-0.05, 0) is 39.0 Å². The van der Waals surface area contributed by atoms with Crippen molar-refractivity contribution in [2.75, 3.05) is 17.7 Å². The van der Waals surface area contributed by atoms with E-state index in [1.165, 1.54) is 5.56 Å². The summed E-state index contributed by atoms with van der Waals surface area (Å²) in [5, 5.41) is 6.40. The van der Waals surface area contributed by atoms with Gasteiger partial charge in [0.2, 0.25) is 0 Å². The molecule has 0 aliphatic heterocycles. The van der Waals surface area contributed by atoms with Gasteiger partial charge in [0, 0.05) is 12.6 Å². The summed E-state index contributed by atoms with van der Waals surface area (Å²) in [4.78, 5) is 4.44. The molecular formula is C14H19N3O. The van der Waals surface area contributed by atoms with Gasteiger partial charge in [-0.25, -0.2) is 4.98 Å². The zero-order valence-corrected chi connectivity index (χ0v) is 11.2. The number of pyridine rings is 1. The Morgan fingerprint density at radius 1 is 1.22 bits per heavy atom. The second-order valence-electron chi connectivity index (χ2n) is 4.39. The fraction of sp³-hybridized carbons (Fsp3) is 0.357. The Bertz CT molecular complexity index is 534. The zero-order valence-electron chi connectivity index (χ0n) is 11.2. The van der Waals surface area contributed by atoms with Crippen LogP contribution in [-0.4, -0.2) is 12.0 Å². The van der Waals surface area contributed by atoms with Gasteiger partial charge >= 0.3 is 0 Å². The van der Waals surface area contributed by atoms with E-state index in [0.717, 1.165) is 23.2 Å². The molecule has 4 nitrogen and oxygen atoms in total. The lowest BCUT2D eigenvalue weighted by atomic mass is 10.1. The van der Waals surface area contributed by atoms with Crippen LogP contribution < -0.4 is 10.6 Å². The molecule has 0 aromatic carbocycles. The second kappa shape index (κ2) is 5.12. The highest BCUT2D eigenvalue weighted by molar-refractivity contribution is 5.46. The number of anilines is 2. The molecule has 18 heavy (non-hydrogen) atoms. The number of rotatable bonds is 4. The number of hydrogen-bond acceptors (Lipinski definition) is 4. The first-order valence-corrected chi connectivity index (χ1v) is 6.08. The fourth-order valence-corrected chi connectivity index (χ4v) is 2.03. The maximum atomic E-state index is 5.55. The Morgan fingerprint density at radius 3 is 2.56 bits per heavy atom. The first kappa shape index (κ1) is 12.5. The van der Waals surface area contributed by atoms with Crippen LogP contribution in [0.4, 0.5) is 11.6 Å². The lowest BCUT2D eigenvalue weighted by molar-refractivity contribution is 0.500. The van der Waals surface area contributed by atoms with E-state index in [2.05, 4.69) is 28.6 Å². The second-order valence-corrected chi connectivity index (χ2v) is 4.39. The SMILES string of the molecule is CNc1cccc(NC(C)c2cc(C)oc2C)n1. The van der Waals surface area contributed by atoms with Crippen molar-refractivity contribution in [2.24, 2.45) is 0 Å². The first-order valence-electron chi connectivity index (χ1n) is 6.08. The minimum absolute atomic E-state index is 0.169. The van der Waals surface area contributed by atoms with Crippen LogP contribution in [0.2, 0.25) is 0 Å². The Labute approximate surface area is 107 Å². The van der Waals surface area contributed by atoms with Crippen LogP contribution >= 0.6 is 0 Å². The van der Waals surface area contributed by atoms with E-state index in [1.54, 1.807) is 0 Å². The third-order valence-corrected chi connectivity index (χ3v) is 2.92. The number of aromatic nitrogens is 1. The lowest BCUT2D eigenvalue weighted by Crippen LogP contribution is -2.08. The van der Waals surface area contributed by atoms with Crippen molar-refractivity contribution >= 4 is 11.6 Å². The smallest absolute Gasteiger partial charge is 0.128 e. The fourth-order valence-electron chi connectivity index (χ4n) is 2.03. The molecule has 96 valence electrons. The van der Waals surface area contributed by atoms with Gasteiger partial charge in [-0.15, -0.1) is 0 Å². The monoisotopic (exact) mass is 245 g/mol. The topological polar surface area (TPSA) is 50.1 Å². The van der Waals surface area contributed by atoms with Gasteiger partial charge in [-0.3, -0.25) is 0 Å². The average Bonchev–Trinajstić information content (AvgIpc) is 2.69. The van der Waals surface area contributed by atoms with Crippen molar-refractivity contribution in [2.45, 2.75) is 26.8 Å². The molecule has 0 saturated carbocycles. The lowest BCUT2D eigenvalue weighted by Gasteiger charge is -2.14. The van der Waals surface area contributed by atoms with E-state index in [4.69, 9.17) is 4.42 Å². The van der Waals surface area contributed by atoms with Crippen molar-refractivity contribution < 1.29 is 4.42 Å². The molecule has 2 aromatic rings. The molecule has 2 heterocycles. The Kier molecular flexibility index (Phi) is 3.55. The molecule has 4 heteroatoms. The highest BCUT2D eigenvalue weighted by Gasteiger charge is 2.12. The largest absolute Gasteiger partial charge is 0.466 e. The molecule has 0 aliphatic rings. The molecule has 0 aliphatic carbocycles. The van der Waals surface area contributed by atoms with Crippen molar-refractivity contribution in [1.82, 2.24) is 4.98 Å². The molecule has 0 fully saturated rings. The highest BCUT2D eigenvalue weighted by Crippen LogP contribution is 2.24. The van der Waals surface area contributed by atoms with Crippen molar-refractivity contribution in [3.8, 4) is 0 Å². The molecule has 0 spiro atoms. The molecule has 2 N–H and O–H groups in total. The highest BCUT2D eigenvalue weighted by atomic mass is 16.3. The van der Waals surface area contributed by atoms with Crippen LogP contribution in [0.1, 0.15) is 30.0 Å². The molecule has 0 saturated heterocycles. The molecule has 0 radical (unpaired) electrons. The van der Waals surface area contributed by atoms with Crippen LogP contribution in [-0.2, 0) is 0 Å². The first-order chi connectivity index (χ1) is 8.60. The summed E-state index contributed by atoms with van der Waals surface area (Å²) in [6, 6.07) is 8.10. The maximum absolute atomic E-state index is 5.55. The van der Waals surface area contributed by atoms with Crippen LogP contribution in [0.15, 0.2) is 28.7 Å². The van der Waals surface area contributed by atoms with Gasteiger partial charge in [0.15, 0.2) is 0 Å². The summed E-state index contributed by atoms with van der Waals surface area (Å²) in [5.41, 5.74) is 1.17. The van der Waals surface area contributed by atoms with E-state index >= 15 is 0 Å². The van der Waals surface area contributed by atoms with Gasteiger partial charge in [0.05, 0.1) is 6.04 Å². The standard InChI is InChI=1S/C14H19N3O/c1-9-8-12(11(3)18-9)10(2)16-14-7-5-6-13(15-4)17-14/h5-8,10H,1-4H3,(H2,15,16,17). The minimum atomic E-state index is 0.169. The Morgan fingerprint density at radius 2 is 1.94 bits per heavy atom. The van der Waals surface area contributed by atoms with E-state index in [-0.39, 0.29) is 6.04 Å². The van der Waals surface area contributed by atoms with Gasteiger partial charge < -0.3 is 15.1 Å². The summed E-state index contributed by atoms with van der Waals surface area (Å²) in [7, 11) is 1.86. The summed E-state index contributed by atoms with van der Waals surface area (Å²) in [6.07, 6.45) is 0. The van der Waals surface area contributed by atoms with Gasteiger partial charge in [0.1, 0.15) is 23.2 Å². The number of hydrogen-bond donors (Lipinski definition) is 2. The van der Waals surface area contributed by atoms with Crippen molar-refractivity contribution in [3.63, 3.8) is 0 Å². The quantitative estimate of drug-likeness (QED) is 0.865. The maximum Gasteiger partial charge on any atom is 0.128 e. The van der Waals surface area contributed by atoms with Crippen molar-refractivity contribution in [3.05, 3.63) is 41.3 Å². The van der Waals surface area contributed by atoms with Crippen LogP contribution in [0.5, 0.6) is 0 Å². The normalized spacial score (nSPS) is 12.2. The summed E-state index contributed by atoms with van der Waals surface area (Å²) in [5.74, 6) is 3.60. The van der Waals surface area contributed by atoms with Crippen LogP contribution in [0.3, 0.4) is 0 Å². The number of furan rings is 1. The summed E-state index contributed by atoms with van der Waals surface area (Å²) in [6.45, 7) is 6.05. The van der Waals surface area contributed by atoms with Crippen LogP contribution in [0.25, 0.3) is 0 Å². The number of nitrogens with one attached hydrogen (secondary N) is 2. The molecule has 1 atom stereocenters. The zero-order chi connectivity index (χ0) is 13.1. The molecule has 1 unspecified atom stereocenters. The average molecular weight is 245 g/mol. The predicted octanol–water partition coefficient (Wildman–Crippen LogP) is 3.51. The third kappa shape index (κ3) is 2.64.